The summed E-state index contributed by atoms with van der Waals surface area (Å²) in [5.41, 5.74) is 4.91. The minimum absolute atomic E-state index is 0.0126. The number of ether oxygens (including phenoxy) is 3. The summed E-state index contributed by atoms with van der Waals surface area (Å²) in [5, 5.41) is 10.9. The zero-order valence-corrected chi connectivity index (χ0v) is 18.9. The number of phosphoric acid groups is 2. The van der Waals surface area contributed by atoms with E-state index in [1.807, 2.05) is 0 Å². The third-order valence-corrected chi connectivity index (χ3v) is 6.75. The molecule has 0 aliphatic carbocycles. The molecule has 1 fully saturated rings. The number of hydrogen-bond donors (Lipinski definition) is 6. The maximum atomic E-state index is 12.0. The van der Waals surface area contributed by atoms with Crippen LogP contribution in [-0.4, -0.2) is 85.1 Å². The molecule has 186 valence electrons. The second kappa shape index (κ2) is 10.2. The number of aliphatic hydroxyl groups is 1. The number of rotatable bonds is 11. The Labute approximate surface area is 185 Å². The third kappa shape index (κ3) is 6.44. The molecule has 1 aliphatic heterocycles. The molecular formula is C14H23N5O12P2. The Morgan fingerprint density at radius 2 is 2.00 bits per heavy atom. The molecule has 0 radical (unpaired) electrons. The van der Waals surface area contributed by atoms with E-state index in [1.165, 1.54) is 18.0 Å². The van der Waals surface area contributed by atoms with Gasteiger partial charge >= 0.3 is 15.6 Å². The van der Waals surface area contributed by atoms with Crippen molar-refractivity contribution >= 4 is 32.8 Å². The number of nitrogens with zero attached hydrogens (tertiary/aromatic N) is 3. The lowest BCUT2D eigenvalue weighted by atomic mass is 9.99. The monoisotopic (exact) mass is 515 g/mol. The maximum Gasteiger partial charge on any atom is 0.481 e. The number of phosphoric ester groups is 1. The molecule has 3 rings (SSSR count). The van der Waals surface area contributed by atoms with E-state index in [2.05, 4.69) is 23.8 Å². The van der Waals surface area contributed by atoms with Crippen molar-refractivity contribution < 1.29 is 52.0 Å². The summed E-state index contributed by atoms with van der Waals surface area (Å²) in [5.74, 6) is -1.05. The Balaban J connectivity index is 1.83. The molecular weight excluding hydrogens is 492 g/mol. The lowest BCUT2D eigenvalue weighted by Gasteiger charge is -2.21. The van der Waals surface area contributed by atoms with Crippen LogP contribution in [0.4, 0.5) is 5.95 Å². The summed E-state index contributed by atoms with van der Waals surface area (Å²) in [6.45, 7) is -0.386. The fourth-order valence-corrected chi connectivity index (χ4v) is 4.81. The van der Waals surface area contributed by atoms with E-state index in [1.54, 1.807) is 0 Å². The average molecular weight is 515 g/mol. The van der Waals surface area contributed by atoms with Gasteiger partial charge in [-0.25, -0.2) is 14.1 Å². The molecule has 1 unspecified atom stereocenters. The topological polar surface area (TPSA) is 251 Å². The molecule has 2 aromatic heterocycles. The number of aliphatic hydroxyl groups excluding tert-OH is 1. The molecule has 1 aliphatic rings. The van der Waals surface area contributed by atoms with Crippen LogP contribution in [0, 0.1) is 5.92 Å². The fraction of sp³-hybridized carbons (Fsp3) is 0.643. The first-order valence-electron chi connectivity index (χ1n) is 9.28. The van der Waals surface area contributed by atoms with Gasteiger partial charge in [-0.2, -0.15) is 9.29 Å². The zero-order chi connectivity index (χ0) is 24.4. The predicted molar refractivity (Wildman–Crippen MR) is 108 cm³/mol. The number of imidazole rings is 1. The predicted octanol–water partition coefficient (Wildman–Crippen LogP) is -1.53. The standard InChI is InChI=1S/C14H23N5O12P2/c1-27-2-3-28-4-7-8(5-29-33(25,26)31-32(22,23)24)30-13(10(7)20)19-6-16-9-11(19)17-14(15)18-12(9)21/h6-8,10,13,20H,2-5H2,1H3,(H,25,26)(H2,22,23,24)(H3,15,17,18,21)/t7-,8-,10-,13-/m1/s1. The number of H-pyrrole nitrogens is 1. The van der Waals surface area contributed by atoms with Crippen LogP contribution in [-0.2, 0) is 32.2 Å². The highest BCUT2D eigenvalue weighted by atomic mass is 31.3. The number of fused-ring (bicyclic) bond motifs is 1. The van der Waals surface area contributed by atoms with Crippen molar-refractivity contribution in [3.63, 3.8) is 0 Å². The van der Waals surface area contributed by atoms with E-state index in [4.69, 9.17) is 29.7 Å². The van der Waals surface area contributed by atoms with Gasteiger partial charge in [-0.3, -0.25) is 18.9 Å². The molecule has 17 nitrogen and oxygen atoms in total. The van der Waals surface area contributed by atoms with Gasteiger partial charge in [-0.15, -0.1) is 0 Å². The van der Waals surface area contributed by atoms with Crippen molar-refractivity contribution in [2.24, 2.45) is 5.92 Å². The number of nitrogens with one attached hydrogen (secondary N) is 1. The molecule has 0 bridgehead atoms. The molecule has 3 heterocycles. The highest BCUT2D eigenvalue weighted by Crippen LogP contribution is 2.57. The Hall–Kier alpha value is -1.75. The van der Waals surface area contributed by atoms with E-state index in [0.717, 1.165) is 0 Å². The molecule has 5 atom stereocenters. The van der Waals surface area contributed by atoms with Gasteiger partial charge in [0, 0.05) is 13.0 Å². The lowest BCUT2D eigenvalue weighted by molar-refractivity contribution is -0.0497. The second-order valence-electron chi connectivity index (χ2n) is 6.90. The summed E-state index contributed by atoms with van der Waals surface area (Å²) < 4.78 is 48.4. The van der Waals surface area contributed by atoms with Crippen LogP contribution in [0.15, 0.2) is 11.1 Å². The summed E-state index contributed by atoms with van der Waals surface area (Å²) in [7, 11) is -9.02. The van der Waals surface area contributed by atoms with Crippen molar-refractivity contribution in [3.8, 4) is 0 Å². The number of aromatic nitrogens is 4. The van der Waals surface area contributed by atoms with Crippen LogP contribution in [0.2, 0.25) is 0 Å². The van der Waals surface area contributed by atoms with E-state index < -0.39 is 52.2 Å². The van der Waals surface area contributed by atoms with Crippen LogP contribution in [0.5, 0.6) is 0 Å². The van der Waals surface area contributed by atoms with Crippen LogP contribution in [0.3, 0.4) is 0 Å². The smallest absolute Gasteiger partial charge is 0.388 e. The first kappa shape index (κ1) is 25.9. The zero-order valence-electron chi connectivity index (χ0n) is 17.1. The summed E-state index contributed by atoms with van der Waals surface area (Å²) in [6.07, 6.45) is -2.40. The first-order valence-corrected chi connectivity index (χ1v) is 12.3. The molecule has 1 saturated heterocycles. The van der Waals surface area contributed by atoms with Gasteiger partial charge < -0.3 is 39.7 Å². The molecule has 0 saturated carbocycles. The minimum Gasteiger partial charge on any atom is -0.388 e. The van der Waals surface area contributed by atoms with Crippen molar-refractivity contribution in [3.05, 3.63) is 16.7 Å². The largest absolute Gasteiger partial charge is 0.481 e. The first-order chi connectivity index (χ1) is 15.4. The number of nitrogen functional groups attached to an aromatic ring is 1. The molecule has 0 amide bonds. The van der Waals surface area contributed by atoms with Crippen LogP contribution < -0.4 is 11.3 Å². The quantitative estimate of drug-likeness (QED) is 0.147. The SMILES string of the molecule is COCCOC[C@H]1[C@@H](O)[C@H](n2cnc3c(=O)[nH]c(N)nc32)O[C@@H]1COP(=O)(O)OP(=O)(O)O. The summed E-state index contributed by atoms with van der Waals surface area (Å²) >= 11 is 0. The normalized spacial score (nSPS) is 25.5. The Bertz CT molecular complexity index is 1120. The van der Waals surface area contributed by atoms with Gasteiger partial charge in [-0.1, -0.05) is 0 Å². The van der Waals surface area contributed by atoms with Gasteiger partial charge in [0.05, 0.1) is 38.9 Å². The highest BCUT2D eigenvalue weighted by molar-refractivity contribution is 7.60. The minimum atomic E-state index is -5.32. The Morgan fingerprint density at radius 1 is 1.27 bits per heavy atom. The molecule has 0 aromatic carbocycles. The van der Waals surface area contributed by atoms with Gasteiger partial charge in [0.25, 0.3) is 5.56 Å². The molecule has 19 heteroatoms. The van der Waals surface area contributed by atoms with Gasteiger partial charge in [0.15, 0.2) is 17.4 Å². The fourth-order valence-electron chi connectivity index (χ4n) is 3.21. The summed E-state index contributed by atoms with van der Waals surface area (Å²) in [6, 6.07) is 0. The average Bonchev–Trinajstić information content (AvgIpc) is 3.23. The Kier molecular flexibility index (Phi) is 8.03. The lowest BCUT2D eigenvalue weighted by Crippen LogP contribution is -2.33. The molecule has 2 aromatic rings. The van der Waals surface area contributed by atoms with Crippen LogP contribution >= 0.6 is 15.6 Å². The van der Waals surface area contributed by atoms with Crippen molar-refractivity contribution in [2.45, 2.75) is 18.4 Å². The molecule has 0 spiro atoms. The number of methoxy groups -OCH3 is 1. The molecule has 33 heavy (non-hydrogen) atoms. The van der Waals surface area contributed by atoms with Crippen molar-refractivity contribution in [1.29, 1.82) is 0 Å². The van der Waals surface area contributed by atoms with Crippen LogP contribution in [0.1, 0.15) is 6.23 Å². The van der Waals surface area contributed by atoms with E-state index in [0.29, 0.717) is 0 Å². The van der Waals surface area contributed by atoms with E-state index >= 15 is 0 Å². The van der Waals surface area contributed by atoms with Gasteiger partial charge in [0.2, 0.25) is 5.95 Å². The van der Waals surface area contributed by atoms with E-state index in [9.17, 15) is 23.9 Å². The van der Waals surface area contributed by atoms with Crippen molar-refractivity contribution in [2.75, 3.05) is 39.3 Å². The van der Waals surface area contributed by atoms with Gasteiger partial charge in [-0.05, 0) is 0 Å². The number of aromatic amines is 1. The van der Waals surface area contributed by atoms with E-state index in [-0.39, 0.29) is 36.9 Å². The molecule has 7 N–H and O–H groups in total. The van der Waals surface area contributed by atoms with Crippen molar-refractivity contribution in [1.82, 2.24) is 19.5 Å². The Morgan fingerprint density at radius 3 is 2.67 bits per heavy atom. The third-order valence-electron chi connectivity index (χ3n) is 4.60. The maximum absolute atomic E-state index is 12.0. The highest BCUT2D eigenvalue weighted by Gasteiger charge is 2.46. The number of anilines is 1. The second-order valence-corrected chi connectivity index (χ2v) is 9.73. The van der Waals surface area contributed by atoms with Crippen LogP contribution in [0.25, 0.3) is 11.2 Å². The summed E-state index contributed by atoms with van der Waals surface area (Å²) in [4.78, 5) is 49.3. The van der Waals surface area contributed by atoms with Gasteiger partial charge in [0.1, 0.15) is 6.10 Å². The number of hydrogen-bond acceptors (Lipinski definition) is 12. The number of nitrogens with two attached hydrogens (primary N) is 1.